The first-order valence-corrected chi connectivity index (χ1v) is 12.7. The highest BCUT2D eigenvalue weighted by atomic mass is 19.4. The van der Waals surface area contributed by atoms with Crippen molar-refractivity contribution in [1.82, 2.24) is 30.3 Å². The second-order valence-electron chi connectivity index (χ2n) is 9.69. The molecule has 39 heavy (non-hydrogen) atoms. The molecule has 1 aliphatic heterocycles. The van der Waals surface area contributed by atoms with Crippen LogP contribution >= 0.6 is 0 Å². The lowest BCUT2D eigenvalue weighted by atomic mass is 9.99. The molecule has 2 aromatic carbocycles. The van der Waals surface area contributed by atoms with Crippen molar-refractivity contribution in [3.8, 4) is 0 Å². The van der Waals surface area contributed by atoms with Gasteiger partial charge in [-0.05, 0) is 48.5 Å². The van der Waals surface area contributed by atoms with Gasteiger partial charge in [0.05, 0.1) is 17.3 Å². The molecule has 0 bridgehead atoms. The normalized spacial score (nSPS) is 16.4. The molecule has 0 saturated carbocycles. The zero-order chi connectivity index (χ0) is 27.4. The quantitative estimate of drug-likeness (QED) is 0.339. The summed E-state index contributed by atoms with van der Waals surface area (Å²) in [6.45, 7) is 4.14. The smallest absolute Gasteiger partial charge is 0.344 e. The fourth-order valence-electron chi connectivity index (χ4n) is 4.71. The maximum Gasteiger partial charge on any atom is 0.416 e. The maximum atomic E-state index is 13.9. The second-order valence-corrected chi connectivity index (χ2v) is 9.69. The lowest BCUT2D eigenvalue weighted by Crippen LogP contribution is -2.47. The second kappa shape index (κ2) is 11.4. The topological polar surface area (TPSA) is 77.1 Å². The van der Waals surface area contributed by atoms with Crippen LogP contribution < -0.4 is 5.32 Å². The van der Waals surface area contributed by atoms with Gasteiger partial charge in [-0.3, -0.25) is 14.8 Å². The van der Waals surface area contributed by atoms with Crippen LogP contribution in [0.1, 0.15) is 28.4 Å². The Labute approximate surface area is 224 Å². The van der Waals surface area contributed by atoms with Crippen molar-refractivity contribution in [2.24, 2.45) is 0 Å². The Balaban J connectivity index is 1.52. The average Bonchev–Trinajstić information content (AvgIpc) is 3.35. The average molecular weight is 535 g/mol. The number of benzene rings is 2. The van der Waals surface area contributed by atoms with E-state index >= 15 is 0 Å². The lowest BCUT2D eigenvalue weighted by Gasteiger charge is -2.35. The van der Waals surface area contributed by atoms with E-state index in [1.165, 1.54) is 18.2 Å². The molecule has 5 rings (SSSR count). The van der Waals surface area contributed by atoms with E-state index in [4.69, 9.17) is 0 Å². The van der Waals surface area contributed by atoms with Crippen molar-refractivity contribution in [3.63, 3.8) is 0 Å². The highest BCUT2D eigenvalue weighted by molar-refractivity contribution is 6.24. The molecular formula is C29H29F3N6O. The standard InChI is InChI=1S/C29H29F3N6O/c1-37-13-15-38(16-14-37)19-26(20-7-3-2-4-8-20)34-28(39)24(21-9-5-10-22(17-21)29(30,31)32)18-25-23-11-6-12-33-27(23)36-35-25/h2-12,17-18,26H,13-16,19H2,1H3,(H,34,39)(H,33,35,36)/t26-/m1/s1. The number of aromatic nitrogens is 3. The summed E-state index contributed by atoms with van der Waals surface area (Å²) in [6.07, 6.45) is -1.42. The lowest BCUT2D eigenvalue weighted by molar-refractivity contribution is -0.137. The Hall–Kier alpha value is -4.02. The Bertz CT molecular complexity index is 1460. The molecule has 2 N–H and O–H groups in total. The number of halogens is 3. The molecule has 0 spiro atoms. The number of nitrogens with one attached hydrogen (secondary N) is 2. The van der Waals surface area contributed by atoms with Crippen molar-refractivity contribution in [2.45, 2.75) is 12.2 Å². The minimum atomic E-state index is -4.55. The molecule has 7 nitrogen and oxygen atoms in total. The number of pyridine rings is 1. The summed E-state index contributed by atoms with van der Waals surface area (Å²) < 4.78 is 40.7. The van der Waals surface area contributed by atoms with E-state index in [1.807, 2.05) is 30.3 Å². The molecule has 0 aliphatic carbocycles. The van der Waals surface area contributed by atoms with Crippen molar-refractivity contribution in [2.75, 3.05) is 39.8 Å². The van der Waals surface area contributed by atoms with Gasteiger partial charge in [0, 0.05) is 49.9 Å². The van der Waals surface area contributed by atoms with Crippen LogP contribution in [-0.4, -0.2) is 70.7 Å². The molecule has 1 fully saturated rings. The number of aromatic amines is 1. The molecule has 3 heterocycles. The monoisotopic (exact) mass is 534 g/mol. The van der Waals surface area contributed by atoms with E-state index in [1.54, 1.807) is 18.3 Å². The van der Waals surface area contributed by atoms with Crippen LogP contribution in [0.3, 0.4) is 0 Å². The van der Waals surface area contributed by atoms with Crippen molar-refractivity contribution in [3.05, 3.63) is 95.3 Å². The molecule has 202 valence electrons. The van der Waals surface area contributed by atoms with Crippen LogP contribution in [0.25, 0.3) is 22.7 Å². The molecule has 2 aromatic heterocycles. The minimum absolute atomic E-state index is 0.0812. The van der Waals surface area contributed by atoms with Crippen molar-refractivity contribution in [1.29, 1.82) is 0 Å². The van der Waals surface area contributed by atoms with Crippen LogP contribution in [0.2, 0.25) is 0 Å². The number of piperazine rings is 1. The zero-order valence-corrected chi connectivity index (χ0v) is 21.4. The molecule has 1 aliphatic rings. The first kappa shape index (κ1) is 26.6. The first-order chi connectivity index (χ1) is 18.8. The SMILES string of the molecule is CN1CCN(C[C@@H](NC(=O)C(=Cc2n[nH]c3ncccc23)c2cccc(C(F)(F)F)c2)c2ccccc2)CC1. The highest BCUT2D eigenvalue weighted by Gasteiger charge is 2.31. The number of likely N-dealkylation sites (N-methyl/N-ethyl adjacent to an activating group) is 1. The van der Waals surface area contributed by atoms with Gasteiger partial charge in [-0.15, -0.1) is 0 Å². The van der Waals surface area contributed by atoms with Crippen LogP contribution in [0, 0.1) is 0 Å². The number of hydrogen-bond donors (Lipinski definition) is 2. The van der Waals surface area contributed by atoms with E-state index in [0.717, 1.165) is 43.9 Å². The molecule has 0 radical (unpaired) electrons. The number of H-pyrrole nitrogens is 1. The fourth-order valence-corrected chi connectivity index (χ4v) is 4.71. The van der Waals surface area contributed by atoms with Crippen molar-refractivity contribution >= 4 is 28.6 Å². The van der Waals surface area contributed by atoms with Crippen LogP contribution in [0.4, 0.5) is 13.2 Å². The van der Waals surface area contributed by atoms with E-state index in [-0.39, 0.29) is 17.2 Å². The summed E-state index contributed by atoms with van der Waals surface area (Å²) in [5, 5.41) is 10.9. The molecule has 0 unspecified atom stereocenters. The summed E-state index contributed by atoms with van der Waals surface area (Å²) in [4.78, 5) is 22.7. The van der Waals surface area contributed by atoms with Crippen LogP contribution in [0.5, 0.6) is 0 Å². The molecule has 4 aromatic rings. The van der Waals surface area contributed by atoms with E-state index in [0.29, 0.717) is 23.3 Å². The highest BCUT2D eigenvalue weighted by Crippen LogP contribution is 2.32. The number of alkyl halides is 3. The largest absolute Gasteiger partial charge is 0.416 e. The Morgan fingerprint density at radius 2 is 1.82 bits per heavy atom. The number of hydrogen-bond acceptors (Lipinski definition) is 5. The number of rotatable bonds is 7. The van der Waals surface area contributed by atoms with Crippen LogP contribution in [0.15, 0.2) is 72.9 Å². The van der Waals surface area contributed by atoms with E-state index in [9.17, 15) is 18.0 Å². The Kier molecular flexibility index (Phi) is 7.76. The number of fused-ring (bicyclic) bond motifs is 1. The Morgan fingerprint density at radius 3 is 2.56 bits per heavy atom. The van der Waals surface area contributed by atoms with Gasteiger partial charge >= 0.3 is 6.18 Å². The van der Waals surface area contributed by atoms with E-state index < -0.39 is 17.6 Å². The molecule has 1 atom stereocenters. The summed E-state index contributed by atoms with van der Waals surface area (Å²) in [7, 11) is 2.08. The zero-order valence-electron chi connectivity index (χ0n) is 21.4. The summed E-state index contributed by atoms with van der Waals surface area (Å²) in [6, 6.07) is 17.6. The summed E-state index contributed by atoms with van der Waals surface area (Å²) in [5.41, 5.74) is 1.25. The minimum Gasteiger partial charge on any atom is -0.344 e. The van der Waals surface area contributed by atoms with Gasteiger partial charge in [0.2, 0.25) is 0 Å². The van der Waals surface area contributed by atoms with Gasteiger partial charge in [0.25, 0.3) is 5.91 Å². The van der Waals surface area contributed by atoms with Crippen molar-refractivity contribution < 1.29 is 18.0 Å². The number of amides is 1. The van der Waals surface area contributed by atoms with E-state index in [2.05, 4.69) is 37.3 Å². The number of carbonyl (C=O) groups excluding carboxylic acids is 1. The summed E-state index contributed by atoms with van der Waals surface area (Å²) in [5.74, 6) is -0.489. The van der Waals surface area contributed by atoms with Gasteiger partial charge < -0.3 is 10.2 Å². The van der Waals surface area contributed by atoms with Gasteiger partial charge in [0.15, 0.2) is 5.65 Å². The van der Waals surface area contributed by atoms with Gasteiger partial charge in [-0.25, -0.2) is 4.98 Å². The fraction of sp³-hybridized carbons (Fsp3) is 0.276. The first-order valence-electron chi connectivity index (χ1n) is 12.7. The molecule has 1 amide bonds. The molecular weight excluding hydrogens is 505 g/mol. The third-order valence-electron chi connectivity index (χ3n) is 6.94. The molecule has 1 saturated heterocycles. The summed E-state index contributed by atoms with van der Waals surface area (Å²) >= 11 is 0. The third kappa shape index (κ3) is 6.35. The third-order valence-corrected chi connectivity index (χ3v) is 6.94. The number of nitrogens with zero attached hydrogens (tertiary/aromatic N) is 4. The Morgan fingerprint density at radius 1 is 1.05 bits per heavy atom. The van der Waals surface area contributed by atoms with Gasteiger partial charge in [-0.1, -0.05) is 42.5 Å². The van der Waals surface area contributed by atoms with Crippen LogP contribution in [-0.2, 0) is 11.0 Å². The predicted octanol–water partition coefficient (Wildman–Crippen LogP) is 4.62. The van der Waals surface area contributed by atoms with Gasteiger partial charge in [0.1, 0.15) is 0 Å². The maximum absolute atomic E-state index is 13.9. The molecule has 10 heteroatoms. The number of carbonyl (C=O) groups is 1. The van der Waals surface area contributed by atoms with Gasteiger partial charge in [-0.2, -0.15) is 18.3 Å². The predicted molar refractivity (Wildman–Crippen MR) is 144 cm³/mol.